The first-order valence-corrected chi connectivity index (χ1v) is 7.97. The van der Waals surface area contributed by atoms with Gasteiger partial charge in [-0.15, -0.1) is 23.5 Å². The zero-order valence-corrected chi connectivity index (χ0v) is 13.2. The first-order chi connectivity index (χ1) is 8.91. The number of hydrogen-bond donors (Lipinski definition) is 2. The van der Waals surface area contributed by atoms with E-state index in [1.54, 1.807) is 23.5 Å². The van der Waals surface area contributed by atoms with E-state index in [1.165, 1.54) is 12.2 Å². The maximum Gasteiger partial charge on any atom is 0.243 e. The van der Waals surface area contributed by atoms with Gasteiger partial charge in [-0.3, -0.25) is 9.59 Å². The van der Waals surface area contributed by atoms with Gasteiger partial charge in [-0.1, -0.05) is 13.2 Å². The van der Waals surface area contributed by atoms with Gasteiger partial charge < -0.3 is 10.6 Å². The minimum atomic E-state index is -0.141. The van der Waals surface area contributed by atoms with Crippen molar-refractivity contribution >= 4 is 35.3 Å². The highest BCUT2D eigenvalue weighted by Crippen LogP contribution is 2.35. The third-order valence-electron chi connectivity index (χ3n) is 2.07. The van der Waals surface area contributed by atoms with E-state index in [0.29, 0.717) is 13.1 Å². The zero-order chi connectivity index (χ0) is 14.7. The summed E-state index contributed by atoms with van der Waals surface area (Å²) in [7, 11) is 0. The average Bonchev–Trinajstić information content (AvgIpc) is 2.39. The summed E-state index contributed by atoms with van der Waals surface area (Å²) in [5.41, 5.74) is 0. The van der Waals surface area contributed by atoms with Gasteiger partial charge in [0, 0.05) is 24.6 Å². The Hall–Kier alpha value is -0.880. The van der Waals surface area contributed by atoms with Gasteiger partial charge in [-0.05, 0) is 26.0 Å². The van der Waals surface area contributed by atoms with Crippen LogP contribution in [0.15, 0.2) is 25.3 Å². The van der Waals surface area contributed by atoms with E-state index in [9.17, 15) is 9.59 Å². The molecule has 0 radical (unpaired) electrons. The second-order valence-corrected chi connectivity index (χ2v) is 7.78. The highest BCUT2D eigenvalue weighted by atomic mass is 32.2. The molecule has 4 nitrogen and oxygen atoms in total. The first-order valence-electron chi connectivity index (χ1n) is 5.99. The average molecular weight is 302 g/mol. The molecule has 0 bridgehead atoms. The van der Waals surface area contributed by atoms with Gasteiger partial charge in [0.2, 0.25) is 11.8 Å². The fourth-order valence-electron chi connectivity index (χ4n) is 1.13. The number of hydrogen-bond acceptors (Lipinski definition) is 4. The lowest BCUT2D eigenvalue weighted by atomic mass is 10.5. The molecule has 0 aromatic carbocycles. The Balaban J connectivity index is 3.67. The molecule has 0 aliphatic rings. The molecule has 0 fully saturated rings. The standard InChI is InChI=1S/C13H22N2O2S2/c1-5-11(16)14-7-9-18-13(3,4)19-10-8-15-12(17)6-2/h5-6H,1-2,7-10H2,3-4H3,(H,14,16)(H,15,17). The Bertz CT molecular complexity index is 301. The highest BCUT2D eigenvalue weighted by molar-refractivity contribution is 8.18. The maximum atomic E-state index is 10.9. The molecule has 0 saturated heterocycles. The summed E-state index contributed by atoms with van der Waals surface area (Å²) < 4.78 is 0.0534. The molecular weight excluding hydrogens is 280 g/mol. The van der Waals surface area contributed by atoms with Gasteiger partial charge in [-0.2, -0.15) is 0 Å². The molecule has 108 valence electrons. The summed E-state index contributed by atoms with van der Waals surface area (Å²) in [6, 6.07) is 0. The van der Waals surface area contributed by atoms with Crippen LogP contribution >= 0.6 is 23.5 Å². The molecule has 0 spiro atoms. The molecule has 0 saturated carbocycles. The summed E-state index contributed by atoms with van der Waals surface area (Å²) in [5, 5.41) is 5.48. The second kappa shape index (κ2) is 9.97. The highest BCUT2D eigenvalue weighted by Gasteiger charge is 2.18. The monoisotopic (exact) mass is 302 g/mol. The van der Waals surface area contributed by atoms with Crippen LogP contribution in [0.2, 0.25) is 0 Å². The van der Waals surface area contributed by atoms with Crippen molar-refractivity contribution in [2.45, 2.75) is 17.9 Å². The summed E-state index contributed by atoms with van der Waals surface area (Å²) in [6.45, 7) is 12.3. The Kier molecular flexibility index (Phi) is 9.51. The van der Waals surface area contributed by atoms with Crippen LogP contribution in [-0.2, 0) is 9.59 Å². The molecule has 0 heterocycles. The molecule has 6 heteroatoms. The Morgan fingerprint density at radius 3 is 1.68 bits per heavy atom. The van der Waals surface area contributed by atoms with Crippen molar-refractivity contribution in [2.75, 3.05) is 24.6 Å². The van der Waals surface area contributed by atoms with Gasteiger partial charge in [0.1, 0.15) is 0 Å². The molecule has 2 N–H and O–H groups in total. The number of amides is 2. The Labute approximate surface area is 123 Å². The maximum absolute atomic E-state index is 10.9. The zero-order valence-electron chi connectivity index (χ0n) is 11.5. The van der Waals surface area contributed by atoms with Crippen molar-refractivity contribution in [3.63, 3.8) is 0 Å². The molecule has 0 aromatic rings. The van der Waals surface area contributed by atoms with Crippen molar-refractivity contribution in [1.29, 1.82) is 0 Å². The van der Waals surface area contributed by atoms with Crippen molar-refractivity contribution in [1.82, 2.24) is 10.6 Å². The smallest absolute Gasteiger partial charge is 0.243 e. The molecular formula is C13H22N2O2S2. The largest absolute Gasteiger partial charge is 0.352 e. The van der Waals surface area contributed by atoms with Crippen LogP contribution in [0.4, 0.5) is 0 Å². The van der Waals surface area contributed by atoms with Crippen LogP contribution < -0.4 is 10.6 Å². The van der Waals surface area contributed by atoms with Crippen LogP contribution in [0, 0.1) is 0 Å². The van der Waals surface area contributed by atoms with E-state index in [-0.39, 0.29) is 15.9 Å². The van der Waals surface area contributed by atoms with Gasteiger partial charge in [0.25, 0.3) is 0 Å². The summed E-state index contributed by atoms with van der Waals surface area (Å²) in [6.07, 6.45) is 2.54. The van der Waals surface area contributed by atoms with E-state index >= 15 is 0 Å². The first kappa shape index (κ1) is 18.1. The Morgan fingerprint density at radius 1 is 1.00 bits per heavy atom. The second-order valence-electron chi connectivity index (χ2n) is 4.09. The van der Waals surface area contributed by atoms with Crippen LogP contribution in [0.5, 0.6) is 0 Å². The number of rotatable bonds is 10. The normalized spacial score (nSPS) is 10.6. The topological polar surface area (TPSA) is 58.2 Å². The van der Waals surface area contributed by atoms with Gasteiger partial charge in [0.15, 0.2) is 0 Å². The summed E-state index contributed by atoms with van der Waals surface area (Å²) in [4.78, 5) is 21.9. The predicted octanol–water partition coefficient (Wildman–Crippen LogP) is 1.79. The third kappa shape index (κ3) is 10.7. The fraction of sp³-hybridized carbons (Fsp3) is 0.538. The number of thioether (sulfide) groups is 2. The number of nitrogens with one attached hydrogen (secondary N) is 2. The minimum absolute atomic E-state index is 0.0534. The molecule has 2 amide bonds. The van der Waals surface area contributed by atoms with Crippen LogP contribution in [0.1, 0.15) is 13.8 Å². The van der Waals surface area contributed by atoms with E-state index in [2.05, 4.69) is 37.6 Å². The predicted molar refractivity (Wildman–Crippen MR) is 85.4 cm³/mol. The third-order valence-corrected chi connectivity index (χ3v) is 4.99. The van der Waals surface area contributed by atoms with Crippen LogP contribution in [-0.4, -0.2) is 40.5 Å². The quantitative estimate of drug-likeness (QED) is 0.367. The minimum Gasteiger partial charge on any atom is -0.352 e. The SMILES string of the molecule is C=CC(=O)NCCSC(C)(C)SCCNC(=O)C=C. The number of carbonyl (C=O) groups excluding carboxylic acids is 2. The van der Waals surface area contributed by atoms with Crippen molar-refractivity contribution < 1.29 is 9.59 Å². The van der Waals surface area contributed by atoms with Crippen molar-refractivity contribution in [2.24, 2.45) is 0 Å². The van der Waals surface area contributed by atoms with E-state index < -0.39 is 0 Å². The molecule has 19 heavy (non-hydrogen) atoms. The number of carbonyl (C=O) groups is 2. The molecule has 0 aromatic heterocycles. The van der Waals surface area contributed by atoms with Crippen LogP contribution in [0.25, 0.3) is 0 Å². The lowest BCUT2D eigenvalue weighted by Gasteiger charge is -2.23. The van der Waals surface area contributed by atoms with Gasteiger partial charge in [-0.25, -0.2) is 0 Å². The van der Waals surface area contributed by atoms with E-state index in [1.807, 2.05) is 0 Å². The van der Waals surface area contributed by atoms with Crippen LogP contribution in [0.3, 0.4) is 0 Å². The van der Waals surface area contributed by atoms with E-state index in [0.717, 1.165) is 11.5 Å². The summed E-state index contributed by atoms with van der Waals surface area (Å²) >= 11 is 3.55. The van der Waals surface area contributed by atoms with Crippen molar-refractivity contribution in [3.05, 3.63) is 25.3 Å². The molecule has 0 unspecified atom stereocenters. The Morgan fingerprint density at radius 2 is 1.37 bits per heavy atom. The van der Waals surface area contributed by atoms with Gasteiger partial charge >= 0.3 is 0 Å². The molecule has 0 aliphatic heterocycles. The molecule has 0 rings (SSSR count). The molecule has 0 aliphatic carbocycles. The summed E-state index contributed by atoms with van der Waals surface area (Å²) in [5.74, 6) is 1.41. The van der Waals surface area contributed by atoms with Crippen molar-refractivity contribution in [3.8, 4) is 0 Å². The van der Waals surface area contributed by atoms with E-state index in [4.69, 9.17) is 0 Å². The van der Waals surface area contributed by atoms with Gasteiger partial charge in [0.05, 0.1) is 4.08 Å². The lowest BCUT2D eigenvalue weighted by Crippen LogP contribution is -2.26. The fourth-order valence-corrected chi connectivity index (χ4v) is 3.35. The lowest BCUT2D eigenvalue weighted by molar-refractivity contribution is -0.117. The molecule has 0 atom stereocenters.